The third kappa shape index (κ3) is 7.25. The van der Waals surface area contributed by atoms with E-state index in [0.29, 0.717) is 13.2 Å². The van der Waals surface area contributed by atoms with E-state index in [2.05, 4.69) is 12.2 Å². The van der Waals surface area contributed by atoms with Crippen LogP contribution in [0.15, 0.2) is 0 Å². The first kappa shape index (κ1) is 16.9. The van der Waals surface area contributed by atoms with Crippen LogP contribution in [0.3, 0.4) is 0 Å². The fourth-order valence-corrected chi connectivity index (χ4v) is 2.58. The molecular formula is C15H31NO3. The Morgan fingerprint density at radius 2 is 1.84 bits per heavy atom. The second-order valence-corrected chi connectivity index (χ2v) is 5.37. The van der Waals surface area contributed by atoms with E-state index in [1.54, 1.807) is 7.11 Å². The molecule has 0 aliphatic heterocycles. The molecule has 0 spiro atoms. The van der Waals surface area contributed by atoms with Gasteiger partial charge in [-0.1, -0.05) is 19.8 Å². The molecule has 0 bridgehead atoms. The summed E-state index contributed by atoms with van der Waals surface area (Å²) in [5.74, 6) is 0. The molecule has 0 atom stereocenters. The maximum Gasteiger partial charge on any atom is 0.0806 e. The summed E-state index contributed by atoms with van der Waals surface area (Å²) in [5, 5.41) is 3.51. The van der Waals surface area contributed by atoms with Gasteiger partial charge in [-0.15, -0.1) is 0 Å². The molecule has 1 N–H and O–H groups in total. The summed E-state index contributed by atoms with van der Waals surface area (Å²) in [6.07, 6.45) is 7.17. The lowest BCUT2D eigenvalue weighted by atomic mass is 10.0. The summed E-state index contributed by atoms with van der Waals surface area (Å²) in [5.41, 5.74) is 0.0989. The van der Waals surface area contributed by atoms with Crippen LogP contribution in [0.2, 0.25) is 0 Å². The molecule has 0 aromatic heterocycles. The molecule has 1 aliphatic carbocycles. The molecule has 0 aromatic rings. The standard InChI is InChI=1S/C15H31NO3/c1-3-9-16-14-15(7-4-5-8-15)19-11-6-10-18-13-12-17-2/h16H,3-14H2,1-2H3. The monoisotopic (exact) mass is 273 g/mol. The van der Waals surface area contributed by atoms with Crippen molar-refractivity contribution < 1.29 is 14.2 Å². The van der Waals surface area contributed by atoms with E-state index in [9.17, 15) is 0 Å². The van der Waals surface area contributed by atoms with Gasteiger partial charge in [0, 0.05) is 26.9 Å². The van der Waals surface area contributed by atoms with Gasteiger partial charge in [0.25, 0.3) is 0 Å². The molecule has 0 saturated heterocycles. The van der Waals surface area contributed by atoms with Gasteiger partial charge in [-0.25, -0.2) is 0 Å². The van der Waals surface area contributed by atoms with Crippen LogP contribution >= 0.6 is 0 Å². The molecule has 0 heterocycles. The van der Waals surface area contributed by atoms with E-state index in [-0.39, 0.29) is 5.60 Å². The summed E-state index contributed by atoms with van der Waals surface area (Å²) in [7, 11) is 1.69. The Morgan fingerprint density at radius 3 is 2.53 bits per heavy atom. The quantitative estimate of drug-likeness (QED) is 0.554. The lowest BCUT2D eigenvalue weighted by Crippen LogP contribution is -2.41. The third-order valence-electron chi connectivity index (χ3n) is 3.66. The SMILES string of the molecule is CCCNCC1(OCCCOCCOC)CCCC1. The number of rotatable bonds is 12. The maximum absolute atomic E-state index is 6.17. The predicted molar refractivity (Wildman–Crippen MR) is 77.6 cm³/mol. The highest BCUT2D eigenvalue weighted by Crippen LogP contribution is 2.32. The average molecular weight is 273 g/mol. The highest BCUT2D eigenvalue weighted by Gasteiger charge is 2.34. The van der Waals surface area contributed by atoms with Gasteiger partial charge in [0.15, 0.2) is 0 Å². The van der Waals surface area contributed by atoms with Crippen LogP contribution in [0.5, 0.6) is 0 Å². The van der Waals surface area contributed by atoms with Crippen LogP contribution in [0.1, 0.15) is 45.4 Å². The summed E-state index contributed by atoms with van der Waals surface area (Å²) < 4.78 is 16.6. The molecule has 19 heavy (non-hydrogen) atoms. The Bertz CT molecular complexity index is 206. The summed E-state index contributed by atoms with van der Waals surface area (Å²) in [6, 6.07) is 0. The van der Waals surface area contributed by atoms with Crippen LogP contribution in [0.25, 0.3) is 0 Å². The molecule has 4 heteroatoms. The molecule has 0 unspecified atom stereocenters. The first-order valence-electron chi connectivity index (χ1n) is 7.74. The van der Waals surface area contributed by atoms with Gasteiger partial charge in [-0.3, -0.25) is 0 Å². The van der Waals surface area contributed by atoms with Gasteiger partial charge >= 0.3 is 0 Å². The van der Waals surface area contributed by atoms with Crippen molar-refractivity contribution in [3.05, 3.63) is 0 Å². The zero-order valence-electron chi connectivity index (χ0n) is 12.7. The average Bonchev–Trinajstić information content (AvgIpc) is 2.87. The van der Waals surface area contributed by atoms with Gasteiger partial charge in [0.05, 0.1) is 18.8 Å². The summed E-state index contributed by atoms with van der Waals surface area (Å²) >= 11 is 0. The van der Waals surface area contributed by atoms with Crippen molar-refractivity contribution in [2.24, 2.45) is 0 Å². The van der Waals surface area contributed by atoms with E-state index in [4.69, 9.17) is 14.2 Å². The molecule has 4 nitrogen and oxygen atoms in total. The van der Waals surface area contributed by atoms with Crippen molar-refractivity contribution >= 4 is 0 Å². The van der Waals surface area contributed by atoms with Crippen molar-refractivity contribution in [3.63, 3.8) is 0 Å². The lowest BCUT2D eigenvalue weighted by Gasteiger charge is -2.30. The second kappa shape index (κ2) is 10.6. The smallest absolute Gasteiger partial charge is 0.0806 e. The number of methoxy groups -OCH3 is 1. The van der Waals surface area contributed by atoms with Gasteiger partial charge in [-0.2, -0.15) is 0 Å². The third-order valence-corrected chi connectivity index (χ3v) is 3.66. The van der Waals surface area contributed by atoms with Gasteiger partial charge in [-0.05, 0) is 32.2 Å². The Kier molecular flexibility index (Phi) is 9.43. The largest absolute Gasteiger partial charge is 0.382 e. The van der Waals surface area contributed by atoms with Crippen molar-refractivity contribution in [1.82, 2.24) is 5.32 Å². The van der Waals surface area contributed by atoms with Crippen molar-refractivity contribution in [3.8, 4) is 0 Å². The highest BCUT2D eigenvalue weighted by molar-refractivity contribution is 4.88. The van der Waals surface area contributed by atoms with Crippen molar-refractivity contribution in [2.75, 3.05) is 46.6 Å². The van der Waals surface area contributed by atoms with Gasteiger partial charge < -0.3 is 19.5 Å². The zero-order valence-corrected chi connectivity index (χ0v) is 12.7. The van der Waals surface area contributed by atoms with Crippen molar-refractivity contribution in [1.29, 1.82) is 0 Å². The van der Waals surface area contributed by atoms with Crippen LogP contribution in [-0.4, -0.2) is 52.2 Å². The molecule has 114 valence electrons. The zero-order chi connectivity index (χ0) is 13.8. The maximum atomic E-state index is 6.17. The first-order valence-corrected chi connectivity index (χ1v) is 7.74. The summed E-state index contributed by atoms with van der Waals surface area (Å²) in [6.45, 7) is 7.22. The minimum absolute atomic E-state index is 0.0989. The van der Waals surface area contributed by atoms with E-state index >= 15 is 0 Å². The van der Waals surface area contributed by atoms with Crippen molar-refractivity contribution in [2.45, 2.75) is 51.0 Å². The number of nitrogens with one attached hydrogen (secondary N) is 1. The first-order chi connectivity index (χ1) is 9.33. The lowest BCUT2D eigenvalue weighted by molar-refractivity contribution is -0.0478. The van der Waals surface area contributed by atoms with Crippen LogP contribution in [-0.2, 0) is 14.2 Å². The number of hydrogen-bond donors (Lipinski definition) is 1. The summed E-state index contributed by atoms with van der Waals surface area (Å²) in [4.78, 5) is 0. The molecule has 0 radical (unpaired) electrons. The molecular weight excluding hydrogens is 242 g/mol. The predicted octanol–water partition coefficient (Wildman–Crippen LogP) is 2.37. The fraction of sp³-hybridized carbons (Fsp3) is 1.00. The van der Waals surface area contributed by atoms with Gasteiger partial charge in [0.1, 0.15) is 0 Å². The highest BCUT2D eigenvalue weighted by atomic mass is 16.5. The molecule has 0 amide bonds. The van der Waals surface area contributed by atoms with Crippen LogP contribution in [0.4, 0.5) is 0 Å². The van der Waals surface area contributed by atoms with E-state index in [1.807, 2.05) is 0 Å². The molecule has 1 aliphatic rings. The second-order valence-electron chi connectivity index (χ2n) is 5.37. The molecule has 0 aromatic carbocycles. The number of ether oxygens (including phenoxy) is 3. The fourth-order valence-electron chi connectivity index (χ4n) is 2.58. The minimum Gasteiger partial charge on any atom is -0.382 e. The normalized spacial score (nSPS) is 18.0. The van der Waals surface area contributed by atoms with Gasteiger partial charge in [0.2, 0.25) is 0 Å². The van der Waals surface area contributed by atoms with E-state index in [1.165, 1.54) is 32.1 Å². The van der Waals surface area contributed by atoms with E-state index in [0.717, 1.165) is 32.7 Å². The Balaban J connectivity index is 2.08. The van der Waals surface area contributed by atoms with Crippen LogP contribution in [0, 0.1) is 0 Å². The Labute approximate surface area is 118 Å². The minimum atomic E-state index is 0.0989. The van der Waals surface area contributed by atoms with E-state index < -0.39 is 0 Å². The molecule has 1 saturated carbocycles. The van der Waals surface area contributed by atoms with Crippen LogP contribution < -0.4 is 5.32 Å². The Hall–Kier alpha value is -0.160. The molecule has 1 rings (SSSR count). The Morgan fingerprint density at radius 1 is 1.05 bits per heavy atom. The topological polar surface area (TPSA) is 39.7 Å². The molecule has 1 fully saturated rings. The number of hydrogen-bond acceptors (Lipinski definition) is 4.